The van der Waals surface area contributed by atoms with E-state index in [9.17, 15) is 9.59 Å². The number of benzene rings is 5. The zero-order valence-electron chi connectivity index (χ0n) is 15.9. The maximum Gasteiger partial charge on any atom is 0.194 e. The van der Waals surface area contributed by atoms with E-state index in [1.807, 2.05) is 54.6 Å². The van der Waals surface area contributed by atoms with Crippen molar-refractivity contribution in [2.45, 2.75) is 0 Å². The van der Waals surface area contributed by atoms with Gasteiger partial charge in [0.05, 0.1) is 0 Å². The van der Waals surface area contributed by atoms with Crippen molar-refractivity contribution in [3.8, 4) is 0 Å². The average Bonchev–Trinajstić information content (AvgIpc) is 3.25. The zero-order valence-corrected chi connectivity index (χ0v) is 15.9. The predicted molar refractivity (Wildman–Crippen MR) is 126 cm³/mol. The monoisotopic (exact) mass is 382 g/mol. The normalized spacial score (nSPS) is 12.3. The summed E-state index contributed by atoms with van der Waals surface area (Å²) in [5, 5.41) is 10.8. The highest BCUT2D eigenvalue weighted by Gasteiger charge is 2.20. The third kappa shape index (κ3) is 1.75. The lowest BCUT2D eigenvalue weighted by Crippen LogP contribution is -1.96. The molecule has 0 radical (unpaired) electrons. The Labute approximate surface area is 170 Å². The standard InChI is InChI=1S/C28H14O2/c29-27-19-8-4-3-7-18(19)24-21(27)13-14-22-25(24)20-12-11-16-10-9-15-5-1-2-6-17(15)23(16)26(20)28(22)30/h1-14H. The molecule has 0 saturated carbocycles. The van der Waals surface area contributed by atoms with Gasteiger partial charge in [0.15, 0.2) is 10.9 Å². The fraction of sp³-hybridized carbons (Fsp3) is 0. The van der Waals surface area contributed by atoms with Gasteiger partial charge in [-0.1, -0.05) is 72.8 Å². The molecule has 7 rings (SSSR count). The fourth-order valence-corrected chi connectivity index (χ4v) is 5.26. The van der Waals surface area contributed by atoms with Crippen molar-refractivity contribution < 1.29 is 0 Å². The molecular formula is C28H14O2. The van der Waals surface area contributed by atoms with E-state index in [4.69, 9.17) is 0 Å². The molecule has 0 atom stereocenters. The molecule has 0 spiro atoms. The van der Waals surface area contributed by atoms with E-state index >= 15 is 0 Å². The molecule has 0 bridgehead atoms. The van der Waals surface area contributed by atoms with Crippen LogP contribution in [0.25, 0.3) is 64.6 Å². The van der Waals surface area contributed by atoms with E-state index in [0.29, 0.717) is 16.2 Å². The van der Waals surface area contributed by atoms with Gasteiger partial charge >= 0.3 is 0 Å². The van der Waals surface area contributed by atoms with E-state index in [1.165, 1.54) is 0 Å². The minimum absolute atomic E-state index is 0.0375. The molecule has 2 nitrogen and oxygen atoms in total. The Morgan fingerprint density at radius 2 is 0.900 bits per heavy atom. The quantitative estimate of drug-likeness (QED) is 0.293. The molecule has 0 aliphatic heterocycles. The summed E-state index contributed by atoms with van der Waals surface area (Å²) in [6.07, 6.45) is 0. The van der Waals surface area contributed by atoms with Gasteiger partial charge in [0.25, 0.3) is 0 Å². The lowest BCUT2D eigenvalue weighted by Gasteiger charge is -2.05. The smallest absolute Gasteiger partial charge is 0.194 e. The molecule has 7 aromatic rings. The van der Waals surface area contributed by atoms with Crippen LogP contribution in [0.1, 0.15) is 0 Å². The van der Waals surface area contributed by atoms with Crippen molar-refractivity contribution in [2.75, 3.05) is 0 Å². The Kier molecular flexibility index (Phi) is 2.80. The van der Waals surface area contributed by atoms with E-state index < -0.39 is 0 Å². The molecule has 0 saturated heterocycles. The largest absolute Gasteiger partial charge is 0.289 e. The van der Waals surface area contributed by atoms with Gasteiger partial charge in [-0.3, -0.25) is 9.59 Å². The summed E-state index contributed by atoms with van der Waals surface area (Å²) in [5.74, 6) is 0. The van der Waals surface area contributed by atoms with E-state index in [1.54, 1.807) is 0 Å². The van der Waals surface area contributed by atoms with Crippen LogP contribution in [0.3, 0.4) is 0 Å². The average molecular weight is 382 g/mol. The van der Waals surface area contributed by atoms with Crippen molar-refractivity contribution in [1.82, 2.24) is 0 Å². The van der Waals surface area contributed by atoms with Crippen LogP contribution >= 0.6 is 0 Å². The highest BCUT2D eigenvalue weighted by Crippen LogP contribution is 2.39. The molecule has 7 aromatic carbocycles. The molecule has 0 aliphatic carbocycles. The molecule has 0 aromatic heterocycles. The predicted octanol–water partition coefficient (Wildman–Crippen LogP) is 6.20. The third-order valence-corrected chi connectivity index (χ3v) is 6.54. The second-order valence-corrected chi connectivity index (χ2v) is 7.99. The van der Waals surface area contributed by atoms with Gasteiger partial charge in [0.2, 0.25) is 0 Å². The van der Waals surface area contributed by atoms with Crippen LogP contribution in [0.4, 0.5) is 0 Å². The topological polar surface area (TPSA) is 34.1 Å². The van der Waals surface area contributed by atoms with Crippen LogP contribution in [-0.4, -0.2) is 0 Å². The Morgan fingerprint density at radius 1 is 0.333 bits per heavy atom. The molecule has 138 valence electrons. The van der Waals surface area contributed by atoms with Gasteiger partial charge in [0, 0.05) is 37.7 Å². The summed E-state index contributed by atoms with van der Waals surface area (Å²) < 4.78 is 0. The molecule has 0 amide bonds. The number of fused-ring (bicyclic) bond motifs is 11. The molecule has 0 N–H and O–H groups in total. The fourth-order valence-electron chi connectivity index (χ4n) is 5.26. The van der Waals surface area contributed by atoms with Gasteiger partial charge in [-0.25, -0.2) is 0 Å². The maximum atomic E-state index is 13.7. The van der Waals surface area contributed by atoms with E-state index in [2.05, 4.69) is 30.3 Å². The molecule has 30 heavy (non-hydrogen) atoms. The molecule has 0 aliphatic rings. The van der Waals surface area contributed by atoms with Gasteiger partial charge in [-0.2, -0.15) is 0 Å². The summed E-state index contributed by atoms with van der Waals surface area (Å²) in [4.78, 5) is 26.6. The molecule has 2 heteroatoms. The number of hydrogen-bond acceptors (Lipinski definition) is 2. The van der Waals surface area contributed by atoms with Crippen molar-refractivity contribution in [3.05, 3.63) is 105 Å². The first kappa shape index (κ1) is 15.8. The Bertz CT molecular complexity index is 1930. The molecule has 0 fully saturated rings. The highest BCUT2D eigenvalue weighted by atomic mass is 16.1. The Hall–Kier alpha value is -4.04. The van der Waals surface area contributed by atoms with Gasteiger partial charge in [-0.15, -0.1) is 0 Å². The maximum absolute atomic E-state index is 13.7. The first-order chi connectivity index (χ1) is 14.7. The zero-order chi connectivity index (χ0) is 20.0. The number of hydrogen-bond donors (Lipinski definition) is 0. The third-order valence-electron chi connectivity index (χ3n) is 6.54. The minimum Gasteiger partial charge on any atom is -0.289 e. The Balaban J connectivity index is 1.86. The minimum atomic E-state index is 0.0375. The van der Waals surface area contributed by atoms with Crippen LogP contribution < -0.4 is 10.9 Å². The van der Waals surface area contributed by atoms with Crippen LogP contribution in [-0.2, 0) is 0 Å². The number of rotatable bonds is 0. The second-order valence-electron chi connectivity index (χ2n) is 7.99. The van der Waals surface area contributed by atoms with Gasteiger partial charge in [-0.05, 0) is 39.1 Å². The first-order valence-electron chi connectivity index (χ1n) is 10.0. The van der Waals surface area contributed by atoms with Crippen LogP contribution in [0.5, 0.6) is 0 Å². The van der Waals surface area contributed by atoms with Gasteiger partial charge in [0.1, 0.15) is 0 Å². The molecular weight excluding hydrogens is 368 g/mol. The van der Waals surface area contributed by atoms with Crippen LogP contribution in [0, 0.1) is 0 Å². The highest BCUT2D eigenvalue weighted by molar-refractivity contribution is 6.35. The lowest BCUT2D eigenvalue weighted by atomic mass is 9.97. The van der Waals surface area contributed by atoms with Gasteiger partial charge < -0.3 is 0 Å². The van der Waals surface area contributed by atoms with E-state index in [-0.39, 0.29) is 10.9 Å². The Morgan fingerprint density at radius 3 is 1.73 bits per heavy atom. The molecule has 0 heterocycles. The van der Waals surface area contributed by atoms with Crippen molar-refractivity contribution >= 4 is 64.6 Å². The summed E-state index contributed by atoms with van der Waals surface area (Å²) >= 11 is 0. The van der Waals surface area contributed by atoms with Crippen LogP contribution in [0.2, 0.25) is 0 Å². The summed E-state index contributed by atoms with van der Waals surface area (Å²) in [6, 6.07) is 27.8. The van der Waals surface area contributed by atoms with Crippen LogP contribution in [0.15, 0.2) is 94.5 Å². The summed E-state index contributed by atoms with van der Waals surface area (Å²) in [6.45, 7) is 0. The van der Waals surface area contributed by atoms with Crippen molar-refractivity contribution in [1.29, 1.82) is 0 Å². The SMILES string of the molecule is O=c1c2ccccc2c2c1ccc1c(=O)c3c(ccc4ccc5ccccc5c43)c12. The second kappa shape index (κ2) is 5.31. The first-order valence-corrected chi connectivity index (χ1v) is 10.0. The van der Waals surface area contributed by atoms with Crippen molar-refractivity contribution in [3.63, 3.8) is 0 Å². The lowest BCUT2D eigenvalue weighted by molar-refractivity contribution is 1.79. The van der Waals surface area contributed by atoms with E-state index in [0.717, 1.165) is 48.5 Å². The molecule has 0 unspecified atom stereocenters. The summed E-state index contributed by atoms with van der Waals surface area (Å²) in [7, 11) is 0. The summed E-state index contributed by atoms with van der Waals surface area (Å²) in [5.41, 5.74) is 0.0807. The van der Waals surface area contributed by atoms with Crippen molar-refractivity contribution in [2.24, 2.45) is 0 Å².